The highest BCUT2D eigenvalue weighted by Gasteiger charge is 2.12. The minimum atomic E-state index is -0.518. The molecule has 0 aromatic carbocycles. The molecule has 15 heavy (non-hydrogen) atoms. The Morgan fingerprint density at radius 1 is 1.80 bits per heavy atom. The number of hydrogen-bond acceptors (Lipinski definition) is 6. The second kappa shape index (κ2) is 6.23. The van der Waals surface area contributed by atoms with E-state index in [1.165, 1.54) is 7.11 Å². The average molecular weight is 214 g/mol. The molecule has 1 aliphatic rings. The first-order chi connectivity index (χ1) is 7.24. The van der Waals surface area contributed by atoms with Crippen LogP contribution >= 0.6 is 0 Å². The first-order valence-electron chi connectivity index (χ1n) is 5.09. The summed E-state index contributed by atoms with van der Waals surface area (Å²) in [4.78, 5) is 15.1. The van der Waals surface area contributed by atoms with E-state index in [0.29, 0.717) is 6.42 Å². The van der Waals surface area contributed by atoms with Crippen LogP contribution in [0.3, 0.4) is 0 Å². The van der Waals surface area contributed by atoms with E-state index in [1.807, 2.05) is 0 Å². The third-order valence-electron chi connectivity index (χ3n) is 2.16. The van der Waals surface area contributed by atoms with E-state index in [9.17, 15) is 4.79 Å². The molecule has 0 radical (unpaired) electrons. The molecular formula is C9H18N4O2. The van der Waals surface area contributed by atoms with Gasteiger partial charge in [0.05, 0.1) is 13.7 Å². The first-order valence-corrected chi connectivity index (χ1v) is 5.09. The lowest BCUT2D eigenvalue weighted by molar-refractivity contribution is -0.142. The molecule has 0 bridgehead atoms. The molecule has 6 nitrogen and oxygen atoms in total. The summed E-state index contributed by atoms with van der Waals surface area (Å²) in [6, 6.07) is -0.518. The van der Waals surface area contributed by atoms with Gasteiger partial charge in [0.1, 0.15) is 6.04 Å². The van der Waals surface area contributed by atoms with Crippen LogP contribution in [0.15, 0.2) is 4.99 Å². The largest absolute Gasteiger partial charge is 0.468 e. The van der Waals surface area contributed by atoms with E-state index >= 15 is 0 Å². The van der Waals surface area contributed by atoms with Gasteiger partial charge in [0.2, 0.25) is 0 Å². The van der Waals surface area contributed by atoms with Crippen molar-refractivity contribution in [3.8, 4) is 0 Å². The van der Waals surface area contributed by atoms with Gasteiger partial charge < -0.3 is 21.1 Å². The first kappa shape index (κ1) is 11.8. The second-order valence-electron chi connectivity index (χ2n) is 3.36. The molecular weight excluding hydrogens is 196 g/mol. The maximum atomic E-state index is 11.0. The standard InChI is InChI=1S/C9H18N4O2/c1-15-8(14)7(10)3-2-4-11-9-12-5-6-13-9/h7H,2-6,10H2,1H3,(H2,11,12,13)/t7-/m1/s1. The fourth-order valence-electron chi connectivity index (χ4n) is 1.31. The molecule has 1 aliphatic heterocycles. The number of rotatable bonds is 5. The third-order valence-corrected chi connectivity index (χ3v) is 2.16. The predicted octanol–water partition coefficient (Wildman–Crippen LogP) is -1.18. The lowest BCUT2D eigenvalue weighted by Crippen LogP contribution is -2.36. The zero-order valence-corrected chi connectivity index (χ0v) is 8.95. The lowest BCUT2D eigenvalue weighted by Gasteiger charge is -2.10. The van der Waals surface area contributed by atoms with E-state index in [-0.39, 0.29) is 5.97 Å². The number of nitrogens with two attached hydrogens (primary N) is 1. The van der Waals surface area contributed by atoms with Gasteiger partial charge in [-0.05, 0) is 12.8 Å². The number of methoxy groups -OCH3 is 1. The van der Waals surface area contributed by atoms with Crippen molar-refractivity contribution < 1.29 is 9.53 Å². The molecule has 0 fully saturated rings. The average Bonchev–Trinajstić information content (AvgIpc) is 2.75. The van der Waals surface area contributed by atoms with Gasteiger partial charge in [-0.1, -0.05) is 0 Å². The van der Waals surface area contributed by atoms with Crippen molar-refractivity contribution in [2.45, 2.75) is 18.9 Å². The van der Waals surface area contributed by atoms with Crippen LogP contribution in [0.1, 0.15) is 12.8 Å². The molecule has 0 spiro atoms. The van der Waals surface area contributed by atoms with Crippen LogP contribution in [0, 0.1) is 0 Å². The summed E-state index contributed by atoms with van der Waals surface area (Å²) in [5.74, 6) is 0.480. The van der Waals surface area contributed by atoms with Gasteiger partial charge in [-0.15, -0.1) is 0 Å². The zero-order chi connectivity index (χ0) is 11.1. The number of ether oxygens (including phenoxy) is 1. The molecule has 0 saturated heterocycles. The SMILES string of the molecule is COC(=O)[C@H](N)CCCNC1=NCCN1. The molecule has 0 aromatic rings. The fraction of sp³-hybridized carbons (Fsp3) is 0.778. The van der Waals surface area contributed by atoms with Gasteiger partial charge in [-0.3, -0.25) is 9.79 Å². The van der Waals surface area contributed by atoms with Gasteiger partial charge in [-0.2, -0.15) is 0 Å². The molecule has 0 unspecified atom stereocenters. The summed E-state index contributed by atoms with van der Waals surface area (Å²) in [5, 5.41) is 6.22. The highest BCUT2D eigenvalue weighted by atomic mass is 16.5. The summed E-state index contributed by atoms with van der Waals surface area (Å²) in [5.41, 5.74) is 5.57. The molecule has 0 aromatic heterocycles. The number of carbonyl (C=O) groups is 1. The molecule has 6 heteroatoms. The van der Waals surface area contributed by atoms with Crippen LogP contribution in [0.5, 0.6) is 0 Å². The van der Waals surface area contributed by atoms with Crippen LogP contribution in [0.2, 0.25) is 0 Å². The van der Waals surface area contributed by atoms with Crippen molar-refractivity contribution in [1.82, 2.24) is 10.6 Å². The third kappa shape index (κ3) is 4.16. The van der Waals surface area contributed by atoms with E-state index in [4.69, 9.17) is 5.73 Å². The second-order valence-corrected chi connectivity index (χ2v) is 3.36. The Bertz CT molecular complexity index is 242. The highest BCUT2D eigenvalue weighted by molar-refractivity contribution is 5.81. The monoisotopic (exact) mass is 214 g/mol. The van der Waals surface area contributed by atoms with Crippen LogP contribution in [-0.4, -0.2) is 44.7 Å². The summed E-state index contributed by atoms with van der Waals surface area (Å²) < 4.78 is 4.52. The Morgan fingerprint density at radius 3 is 3.20 bits per heavy atom. The Morgan fingerprint density at radius 2 is 2.60 bits per heavy atom. The Labute approximate surface area is 89.3 Å². The number of carbonyl (C=O) groups excluding carboxylic acids is 1. The van der Waals surface area contributed by atoms with Gasteiger partial charge in [-0.25, -0.2) is 0 Å². The fourth-order valence-corrected chi connectivity index (χ4v) is 1.31. The molecule has 1 rings (SSSR count). The molecule has 4 N–H and O–H groups in total. The van der Waals surface area contributed by atoms with Crippen molar-refractivity contribution in [1.29, 1.82) is 0 Å². The number of aliphatic imine (C=N–C) groups is 1. The van der Waals surface area contributed by atoms with E-state index in [1.54, 1.807) is 0 Å². The van der Waals surface area contributed by atoms with E-state index < -0.39 is 6.04 Å². The normalized spacial score (nSPS) is 16.5. The van der Waals surface area contributed by atoms with Gasteiger partial charge in [0.15, 0.2) is 5.96 Å². The Kier molecular flexibility index (Phi) is 4.89. The van der Waals surface area contributed by atoms with Crippen LogP contribution in [-0.2, 0) is 9.53 Å². The maximum Gasteiger partial charge on any atom is 0.322 e. The summed E-state index contributed by atoms with van der Waals surface area (Å²) in [6.45, 7) is 2.48. The Hall–Kier alpha value is -1.30. The van der Waals surface area contributed by atoms with Crippen LogP contribution < -0.4 is 16.4 Å². The summed E-state index contributed by atoms with van der Waals surface area (Å²) in [6.07, 6.45) is 1.43. The minimum Gasteiger partial charge on any atom is -0.468 e. The number of hydrogen-bond donors (Lipinski definition) is 3. The molecule has 0 amide bonds. The predicted molar refractivity (Wildman–Crippen MR) is 57.5 cm³/mol. The van der Waals surface area contributed by atoms with Crippen molar-refractivity contribution >= 4 is 11.9 Å². The van der Waals surface area contributed by atoms with Crippen LogP contribution in [0.25, 0.3) is 0 Å². The topological polar surface area (TPSA) is 88.7 Å². The van der Waals surface area contributed by atoms with Crippen molar-refractivity contribution in [3.05, 3.63) is 0 Å². The van der Waals surface area contributed by atoms with Crippen LogP contribution in [0.4, 0.5) is 0 Å². The van der Waals surface area contributed by atoms with Gasteiger partial charge in [0, 0.05) is 13.1 Å². The smallest absolute Gasteiger partial charge is 0.322 e. The van der Waals surface area contributed by atoms with Crippen molar-refractivity contribution in [3.63, 3.8) is 0 Å². The molecule has 0 saturated carbocycles. The number of nitrogens with one attached hydrogen (secondary N) is 2. The summed E-state index contributed by atoms with van der Waals surface area (Å²) >= 11 is 0. The zero-order valence-electron chi connectivity index (χ0n) is 8.95. The highest BCUT2D eigenvalue weighted by Crippen LogP contribution is 1.95. The Balaban J connectivity index is 2.03. The van der Waals surface area contributed by atoms with E-state index in [0.717, 1.165) is 32.0 Å². The number of guanidine groups is 1. The van der Waals surface area contributed by atoms with Gasteiger partial charge >= 0.3 is 5.97 Å². The maximum absolute atomic E-state index is 11.0. The van der Waals surface area contributed by atoms with E-state index in [2.05, 4.69) is 20.4 Å². The molecule has 86 valence electrons. The minimum absolute atomic E-state index is 0.355. The number of esters is 1. The summed E-state index contributed by atoms with van der Waals surface area (Å²) in [7, 11) is 1.34. The quantitative estimate of drug-likeness (QED) is 0.396. The van der Waals surface area contributed by atoms with Gasteiger partial charge in [0.25, 0.3) is 0 Å². The lowest BCUT2D eigenvalue weighted by atomic mass is 10.2. The van der Waals surface area contributed by atoms with Crippen molar-refractivity contribution in [2.24, 2.45) is 10.7 Å². The van der Waals surface area contributed by atoms with Crippen molar-refractivity contribution in [2.75, 3.05) is 26.7 Å². The number of nitrogens with zero attached hydrogens (tertiary/aromatic N) is 1. The molecule has 0 aliphatic carbocycles. The molecule has 1 heterocycles. The molecule has 1 atom stereocenters.